The molecule has 1 fully saturated rings. The fourth-order valence-corrected chi connectivity index (χ4v) is 4.92. The van der Waals surface area contributed by atoms with Gasteiger partial charge in [-0.05, 0) is 62.6 Å². The van der Waals surface area contributed by atoms with Crippen LogP contribution in [0.3, 0.4) is 0 Å². The van der Waals surface area contributed by atoms with E-state index in [-0.39, 0.29) is 27.7 Å². The van der Waals surface area contributed by atoms with Gasteiger partial charge in [-0.3, -0.25) is 9.59 Å². The number of benzene rings is 1. The van der Waals surface area contributed by atoms with Gasteiger partial charge in [0.2, 0.25) is 0 Å². The lowest BCUT2D eigenvalue weighted by Gasteiger charge is -2.30. The molecule has 38 heavy (non-hydrogen) atoms. The molecule has 0 amide bonds. The molecular formula is C27H24ClF3N4O3. The third-order valence-corrected chi connectivity index (χ3v) is 7.15. The summed E-state index contributed by atoms with van der Waals surface area (Å²) in [7, 11) is 0. The number of fused-ring (bicyclic) bond motifs is 1. The Morgan fingerprint density at radius 1 is 1.13 bits per heavy atom. The van der Waals surface area contributed by atoms with Crippen molar-refractivity contribution in [3.05, 3.63) is 96.7 Å². The molecule has 7 nitrogen and oxygen atoms in total. The number of alkyl halides is 2. The van der Waals surface area contributed by atoms with E-state index >= 15 is 4.39 Å². The first-order valence-electron chi connectivity index (χ1n) is 12.1. The average Bonchev–Trinajstić information content (AvgIpc) is 2.88. The van der Waals surface area contributed by atoms with Crippen LogP contribution in [-0.2, 0) is 11.3 Å². The maximum atomic E-state index is 15.0. The van der Waals surface area contributed by atoms with Gasteiger partial charge in [0.25, 0.3) is 17.5 Å². The van der Waals surface area contributed by atoms with Crippen LogP contribution in [0.5, 0.6) is 0 Å². The number of hydrogen-bond donors (Lipinski definition) is 0. The first-order valence-corrected chi connectivity index (χ1v) is 12.5. The van der Waals surface area contributed by atoms with Crippen LogP contribution in [-0.4, -0.2) is 32.2 Å². The Hall–Kier alpha value is -3.50. The second-order valence-electron chi connectivity index (χ2n) is 9.39. The molecule has 1 aromatic carbocycles. The second-order valence-corrected chi connectivity index (χ2v) is 9.83. The van der Waals surface area contributed by atoms with Crippen molar-refractivity contribution in [2.45, 2.75) is 51.7 Å². The van der Waals surface area contributed by atoms with E-state index in [0.717, 1.165) is 4.57 Å². The molecule has 0 bridgehead atoms. The molecule has 2 atom stereocenters. The molecule has 4 heterocycles. The highest BCUT2D eigenvalue weighted by Crippen LogP contribution is 2.38. The van der Waals surface area contributed by atoms with Crippen molar-refractivity contribution >= 4 is 17.2 Å². The summed E-state index contributed by atoms with van der Waals surface area (Å²) in [6.45, 7) is 3.00. The van der Waals surface area contributed by atoms with E-state index in [1.807, 2.05) is 0 Å². The van der Waals surface area contributed by atoms with Crippen LogP contribution in [0.4, 0.5) is 13.2 Å². The van der Waals surface area contributed by atoms with Crippen molar-refractivity contribution in [2.24, 2.45) is 0 Å². The fraction of sp³-hybridized carbons (Fsp3) is 0.333. The number of aromatic nitrogens is 4. The predicted octanol–water partition coefficient (Wildman–Crippen LogP) is 5.23. The zero-order valence-corrected chi connectivity index (χ0v) is 21.4. The molecule has 198 valence electrons. The average molecular weight is 545 g/mol. The monoisotopic (exact) mass is 544 g/mol. The third kappa shape index (κ3) is 4.98. The first kappa shape index (κ1) is 26.1. The van der Waals surface area contributed by atoms with Crippen molar-refractivity contribution in [3.8, 4) is 11.1 Å². The predicted molar refractivity (Wildman–Crippen MR) is 137 cm³/mol. The summed E-state index contributed by atoms with van der Waals surface area (Å²) in [6, 6.07) is 8.85. The van der Waals surface area contributed by atoms with E-state index < -0.39 is 30.5 Å². The first-order chi connectivity index (χ1) is 18.1. The molecule has 1 aliphatic heterocycles. The van der Waals surface area contributed by atoms with E-state index in [2.05, 4.69) is 10.1 Å². The largest absolute Gasteiger partial charge is 0.373 e. The summed E-state index contributed by atoms with van der Waals surface area (Å²) < 4.78 is 49.0. The number of rotatable bonds is 5. The maximum Gasteiger partial charge on any atom is 0.277 e. The number of hydrogen-bond acceptors (Lipinski definition) is 5. The molecule has 3 aromatic heterocycles. The Balaban J connectivity index is 1.60. The Morgan fingerprint density at radius 3 is 2.66 bits per heavy atom. The standard InChI is InChI=1S/C27H24ClF3N4O3/c1-14-15(2)32-26-20(19-5-4-18(28)10-21(19)29)11-22(33-35(26)27(14)37)16-7-8-38-23(9-16)17-3-6-25(36)34(12-17)13-24(30)31/h3-6,10-12,16,23-24H,7-9,13H2,1-2H3/t16-,23+/m1/s1. The zero-order chi connectivity index (χ0) is 27.1. The minimum atomic E-state index is -2.67. The molecule has 4 aromatic rings. The molecule has 0 radical (unpaired) electrons. The number of halogens is 4. The molecule has 1 saturated heterocycles. The number of pyridine rings is 1. The lowest BCUT2D eigenvalue weighted by molar-refractivity contribution is 0.00390. The molecule has 5 rings (SSSR count). The smallest absolute Gasteiger partial charge is 0.277 e. The topological polar surface area (TPSA) is 78.5 Å². The highest BCUT2D eigenvalue weighted by atomic mass is 35.5. The van der Waals surface area contributed by atoms with Gasteiger partial charge in [0.05, 0.1) is 18.3 Å². The normalized spacial score (nSPS) is 17.9. The van der Waals surface area contributed by atoms with E-state index in [1.54, 1.807) is 32.0 Å². The summed E-state index contributed by atoms with van der Waals surface area (Å²) in [4.78, 5) is 29.7. The van der Waals surface area contributed by atoms with Crippen molar-refractivity contribution in [3.63, 3.8) is 0 Å². The van der Waals surface area contributed by atoms with Gasteiger partial charge in [0, 0.05) is 52.2 Å². The molecule has 0 unspecified atom stereocenters. The maximum absolute atomic E-state index is 15.0. The minimum Gasteiger partial charge on any atom is -0.373 e. The van der Waals surface area contributed by atoms with Crippen molar-refractivity contribution in [1.82, 2.24) is 19.2 Å². The van der Waals surface area contributed by atoms with Gasteiger partial charge in [0.15, 0.2) is 5.65 Å². The van der Waals surface area contributed by atoms with Crippen molar-refractivity contribution in [1.29, 1.82) is 0 Å². The fourth-order valence-electron chi connectivity index (χ4n) is 4.76. The van der Waals surface area contributed by atoms with Crippen LogP contribution in [0, 0.1) is 19.7 Å². The van der Waals surface area contributed by atoms with Crippen LogP contribution >= 0.6 is 11.6 Å². The molecular weight excluding hydrogens is 521 g/mol. The van der Waals surface area contributed by atoms with Crippen LogP contribution in [0.2, 0.25) is 5.02 Å². The van der Waals surface area contributed by atoms with Gasteiger partial charge in [-0.1, -0.05) is 11.6 Å². The highest BCUT2D eigenvalue weighted by Gasteiger charge is 2.28. The van der Waals surface area contributed by atoms with Crippen LogP contribution in [0.15, 0.2) is 52.2 Å². The van der Waals surface area contributed by atoms with E-state index in [1.165, 1.54) is 28.9 Å². The zero-order valence-electron chi connectivity index (χ0n) is 20.6. The minimum absolute atomic E-state index is 0.198. The summed E-state index contributed by atoms with van der Waals surface area (Å²) in [5.74, 6) is -0.758. The highest BCUT2D eigenvalue weighted by molar-refractivity contribution is 6.30. The van der Waals surface area contributed by atoms with Crippen molar-refractivity contribution in [2.75, 3.05) is 6.61 Å². The number of aryl methyl sites for hydroxylation is 1. The Kier molecular flexibility index (Phi) is 7.11. The van der Waals surface area contributed by atoms with Crippen LogP contribution in [0.25, 0.3) is 16.8 Å². The molecule has 0 saturated carbocycles. The lowest BCUT2D eigenvalue weighted by atomic mass is 9.89. The van der Waals surface area contributed by atoms with Gasteiger partial charge >= 0.3 is 0 Å². The SMILES string of the molecule is Cc1nc2c(-c3ccc(Cl)cc3F)cc([C@@H]3CCO[C@H](c4ccc(=O)n(CC(F)F)c4)C3)nn2c(=O)c1C. The van der Waals surface area contributed by atoms with E-state index in [0.29, 0.717) is 47.5 Å². The summed E-state index contributed by atoms with van der Waals surface area (Å²) in [5, 5.41) is 4.85. The molecule has 11 heteroatoms. The molecule has 0 spiro atoms. The Labute approximate surface area is 220 Å². The second kappa shape index (κ2) is 10.3. The third-order valence-electron chi connectivity index (χ3n) is 6.92. The van der Waals surface area contributed by atoms with Crippen LogP contribution in [0.1, 0.15) is 47.4 Å². The Bertz CT molecular complexity index is 1650. The van der Waals surface area contributed by atoms with Crippen LogP contribution < -0.4 is 11.1 Å². The summed E-state index contributed by atoms with van der Waals surface area (Å²) in [5.41, 5.74) is 2.06. The quantitative estimate of drug-likeness (QED) is 0.344. The van der Waals surface area contributed by atoms with Gasteiger partial charge in [0.1, 0.15) is 5.82 Å². The van der Waals surface area contributed by atoms with Crippen molar-refractivity contribution < 1.29 is 17.9 Å². The van der Waals surface area contributed by atoms with Gasteiger partial charge in [-0.2, -0.15) is 9.61 Å². The molecule has 0 N–H and O–H groups in total. The Morgan fingerprint density at radius 2 is 1.92 bits per heavy atom. The van der Waals surface area contributed by atoms with Gasteiger partial charge in [-0.25, -0.2) is 18.2 Å². The van der Waals surface area contributed by atoms with E-state index in [9.17, 15) is 18.4 Å². The number of nitrogens with zero attached hydrogens (tertiary/aromatic N) is 4. The van der Waals surface area contributed by atoms with Gasteiger partial charge in [-0.15, -0.1) is 0 Å². The molecule has 0 aliphatic carbocycles. The molecule has 1 aliphatic rings. The summed E-state index contributed by atoms with van der Waals surface area (Å²) >= 11 is 5.97. The summed E-state index contributed by atoms with van der Waals surface area (Å²) in [6.07, 6.45) is -0.774. The van der Waals surface area contributed by atoms with E-state index in [4.69, 9.17) is 16.3 Å². The van der Waals surface area contributed by atoms with Gasteiger partial charge < -0.3 is 9.30 Å². The number of ether oxygens (including phenoxy) is 1. The lowest BCUT2D eigenvalue weighted by Crippen LogP contribution is -2.27.